The lowest BCUT2D eigenvalue weighted by molar-refractivity contribution is -0.134. The zero-order valence-electron chi connectivity index (χ0n) is 19.1. The van der Waals surface area contributed by atoms with E-state index >= 15 is 0 Å². The zero-order chi connectivity index (χ0) is 22.4. The molecule has 0 radical (unpaired) electrons. The average Bonchev–Trinajstić information content (AvgIpc) is 3.47. The van der Waals surface area contributed by atoms with Crippen LogP contribution in [0, 0.1) is 29.1 Å². The van der Waals surface area contributed by atoms with Gasteiger partial charge in [-0.15, -0.1) is 0 Å². The maximum absolute atomic E-state index is 14.0. The second-order valence-corrected chi connectivity index (χ2v) is 9.78. The Balaban J connectivity index is 1.51. The smallest absolute Gasteiger partial charge is 0.228 e. The number of hydrogen-bond donors (Lipinski definition) is 0. The molecule has 0 bridgehead atoms. The molecule has 32 heavy (non-hydrogen) atoms. The molecule has 1 amide bonds. The van der Waals surface area contributed by atoms with Crippen LogP contribution in [0.4, 0.5) is 0 Å². The van der Waals surface area contributed by atoms with Crippen molar-refractivity contribution in [3.63, 3.8) is 0 Å². The molecule has 3 aliphatic heterocycles. The third-order valence-corrected chi connectivity index (χ3v) is 7.80. The minimum Gasteiger partial charge on any atom is -0.497 e. The summed E-state index contributed by atoms with van der Waals surface area (Å²) < 4.78 is 5.30. The number of ether oxygens (including phenoxy) is 1. The van der Waals surface area contributed by atoms with Gasteiger partial charge in [-0.05, 0) is 60.7 Å². The minimum atomic E-state index is -0.0149. The number of benzene rings is 2. The van der Waals surface area contributed by atoms with Gasteiger partial charge in [0.2, 0.25) is 5.91 Å². The molecule has 5 heteroatoms. The molecule has 3 fully saturated rings. The molecule has 0 N–H and O–H groups in total. The van der Waals surface area contributed by atoms with Crippen molar-refractivity contribution in [3.05, 3.63) is 65.2 Å². The Labute approximate surface area is 190 Å². The van der Waals surface area contributed by atoms with Crippen LogP contribution < -0.4 is 4.74 Å². The van der Waals surface area contributed by atoms with E-state index in [1.165, 1.54) is 18.4 Å². The highest BCUT2D eigenvalue weighted by Crippen LogP contribution is 2.56. The van der Waals surface area contributed by atoms with Crippen LogP contribution in [-0.2, 0) is 11.3 Å². The fourth-order valence-electron chi connectivity index (χ4n) is 6.58. The number of hydrogen-bond acceptors (Lipinski definition) is 4. The highest BCUT2D eigenvalue weighted by Gasteiger charge is 2.62. The molecule has 0 unspecified atom stereocenters. The molecule has 5 rings (SSSR count). The quantitative estimate of drug-likeness (QED) is 0.708. The Morgan fingerprint density at radius 2 is 1.84 bits per heavy atom. The largest absolute Gasteiger partial charge is 0.497 e. The summed E-state index contributed by atoms with van der Waals surface area (Å²) in [5.41, 5.74) is 2.98. The van der Waals surface area contributed by atoms with Gasteiger partial charge in [-0.25, -0.2) is 0 Å². The normalized spacial score (nSPS) is 29.3. The van der Waals surface area contributed by atoms with Crippen LogP contribution in [0.1, 0.15) is 49.4 Å². The molecular weight excluding hydrogens is 398 g/mol. The van der Waals surface area contributed by atoms with Gasteiger partial charge in [0.1, 0.15) is 5.75 Å². The fourth-order valence-corrected chi connectivity index (χ4v) is 6.58. The van der Waals surface area contributed by atoms with Crippen molar-refractivity contribution in [2.75, 3.05) is 13.7 Å². The van der Waals surface area contributed by atoms with Crippen LogP contribution in [0.25, 0.3) is 0 Å². The predicted octanol–water partition coefficient (Wildman–Crippen LogP) is 4.39. The van der Waals surface area contributed by atoms with Crippen molar-refractivity contribution < 1.29 is 9.53 Å². The molecule has 0 saturated carbocycles. The van der Waals surface area contributed by atoms with Crippen LogP contribution >= 0.6 is 0 Å². The first-order valence-corrected chi connectivity index (χ1v) is 11.7. The van der Waals surface area contributed by atoms with Gasteiger partial charge in [0.25, 0.3) is 0 Å². The van der Waals surface area contributed by atoms with Gasteiger partial charge in [-0.2, -0.15) is 5.26 Å². The standard InChI is InChI=1S/C27H31N3O2/c1-17(2)25-23-22-5-4-14-29(22)26(20-10-6-18(15-28)7-11-20)24(23)27(31)30(25)16-19-8-12-21(32-3)13-9-19/h6-13,17,22-26H,4-5,14,16H2,1-3H3/t22-,23-,24-,25+,26-/m0/s1. The van der Waals surface area contributed by atoms with Gasteiger partial charge in [-0.3, -0.25) is 9.69 Å². The first kappa shape index (κ1) is 21.0. The number of methoxy groups -OCH3 is 1. The van der Waals surface area contributed by atoms with Gasteiger partial charge >= 0.3 is 0 Å². The van der Waals surface area contributed by atoms with Crippen molar-refractivity contribution in [1.82, 2.24) is 9.80 Å². The first-order chi connectivity index (χ1) is 15.5. The van der Waals surface area contributed by atoms with Crippen molar-refractivity contribution in [2.24, 2.45) is 17.8 Å². The van der Waals surface area contributed by atoms with Gasteiger partial charge < -0.3 is 9.64 Å². The molecule has 3 aliphatic rings. The lowest BCUT2D eigenvalue weighted by atomic mass is 9.79. The number of amides is 1. The van der Waals surface area contributed by atoms with Crippen molar-refractivity contribution >= 4 is 5.91 Å². The van der Waals surface area contributed by atoms with E-state index in [9.17, 15) is 10.1 Å². The first-order valence-electron chi connectivity index (χ1n) is 11.7. The highest BCUT2D eigenvalue weighted by molar-refractivity contribution is 5.84. The van der Waals surface area contributed by atoms with Crippen LogP contribution in [0.15, 0.2) is 48.5 Å². The number of carbonyl (C=O) groups excluding carboxylic acids is 1. The Hall–Kier alpha value is -2.84. The average molecular weight is 430 g/mol. The van der Waals surface area contributed by atoms with Gasteiger partial charge in [-0.1, -0.05) is 38.1 Å². The number of likely N-dealkylation sites (tertiary alicyclic amines) is 1. The summed E-state index contributed by atoms with van der Waals surface area (Å²) >= 11 is 0. The Morgan fingerprint density at radius 1 is 1.12 bits per heavy atom. The van der Waals surface area contributed by atoms with Crippen molar-refractivity contribution in [2.45, 2.75) is 51.4 Å². The molecule has 0 spiro atoms. The van der Waals surface area contributed by atoms with Gasteiger partial charge in [0.15, 0.2) is 0 Å². The third-order valence-electron chi connectivity index (χ3n) is 7.80. The number of nitriles is 1. The number of rotatable bonds is 5. The molecule has 5 nitrogen and oxygen atoms in total. The number of nitrogens with zero attached hydrogens (tertiary/aromatic N) is 3. The fraction of sp³-hybridized carbons (Fsp3) is 0.481. The Kier molecular flexibility index (Phi) is 5.43. The van der Waals surface area contributed by atoms with E-state index < -0.39 is 0 Å². The van der Waals surface area contributed by atoms with Crippen molar-refractivity contribution in [1.29, 1.82) is 5.26 Å². The van der Waals surface area contributed by atoms with E-state index in [1.54, 1.807) is 7.11 Å². The van der Waals surface area contributed by atoms with Crippen LogP contribution in [0.3, 0.4) is 0 Å². The minimum absolute atomic E-state index is 0.0149. The topological polar surface area (TPSA) is 56.6 Å². The molecule has 0 aromatic heterocycles. The third kappa shape index (κ3) is 3.29. The van der Waals surface area contributed by atoms with Gasteiger partial charge in [0.05, 0.1) is 24.7 Å². The molecule has 166 valence electrons. The van der Waals surface area contributed by atoms with E-state index in [1.807, 2.05) is 24.3 Å². The SMILES string of the molecule is COc1ccc(CN2C(=O)[C@H]3[C@@H]([C@H]2C(C)C)[C@@H]2CCCN2[C@H]3c2ccc(C#N)cc2)cc1. The molecule has 2 aromatic rings. The number of carbonyl (C=O) groups is 1. The molecule has 3 heterocycles. The summed E-state index contributed by atoms with van der Waals surface area (Å²) in [6, 6.07) is 19.0. The van der Waals surface area contributed by atoms with Crippen LogP contribution in [0.2, 0.25) is 0 Å². The summed E-state index contributed by atoms with van der Waals surface area (Å²) in [4.78, 5) is 18.7. The lowest BCUT2D eigenvalue weighted by Crippen LogP contribution is -2.44. The molecule has 0 aliphatic carbocycles. The predicted molar refractivity (Wildman–Crippen MR) is 123 cm³/mol. The van der Waals surface area contributed by atoms with Gasteiger partial charge in [0, 0.05) is 30.6 Å². The summed E-state index contributed by atoms with van der Waals surface area (Å²) in [7, 11) is 1.67. The van der Waals surface area contributed by atoms with E-state index in [0.717, 1.165) is 17.9 Å². The van der Waals surface area contributed by atoms with E-state index in [4.69, 9.17) is 4.74 Å². The van der Waals surface area contributed by atoms with Crippen molar-refractivity contribution in [3.8, 4) is 11.8 Å². The zero-order valence-corrected chi connectivity index (χ0v) is 19.1. The monoisotopic (exact) mass is 429 g/mol. The second kappa shape index (κ2) is 8.26. The Morgan fingerprint density at radius 3 is 2.47 bits per heavy atom. The Bertz CT molecular complexity index is 1020. The number of fused-ring (bicyclic) bond motifs is 3. The summed E-state index contributed by atoms with van der Waals surface area (Å²) in [6.45, 7) is 6.22. The molecule has 2 aromatic carbocycles. The van der Waals surface area contributed by atoms with E-state index in [2.05, 4.69) is 54.0 Å². The van der Waals surface area contributed by atoms with Crippen LogP contribution in [0.5, 0.6) is 5.75 Å². The molecule has 5 atom stereocenters. The summed E-state index contributed by atoms with van der Waals surface area (Å²) in [5, 5.41) is 9.21. The summed E-state index contributed by atoms with van der Waals surface area (Å²) in [6.07, 6.45) is 2.36. The lowest BCUT2D eigenvalue weighted by Gasteiger charge is -2.35. The molecule has 3 saturated heterocycles. The maximum Gasteiger partial charge on any atom is 0.228 e. The molecular formula is C27H31N3O2. The second-order valence-electron chi connectivity index (χ2n) is 9.78. The van der Waals surface area contributed by atoms with E-state index in [-0.39, 0.29) is 23.9 Å². The van der Waals surface area contributed by atoms with E-state index in [0.29, 0.717) is 30.0 Å². The summed E-state index contributed by atoms with van der Waals surface area (Å²) in [5.74, 6) is 1.85. The maximum atomic E-state index is 14.0. The highest BCUT2D eigenvalue weighted by atomic mass is 16.5. The van der Waals surface area contributed by atoms with Crippen LogP contribution in [-0.4, -0.2) is 41.4 Å².